The number of aryl methyl sites for hydroxylation is 2. The summed E-state index contributed by atoms with van der Waals surface area (Å²) in [7, 11) is 1.44. The zero-order valence-corrected chi connectivity index (χ0v) is 20.1. The maximum Gasteiger partial charge on any atom is 0.306 e. The molecule has 32 heavy (non-hydrogen) atoms. The molecule has 0 saturated carbocycles. The molecule has 1 aromatic rings. The number of esters is 1. The fourth-order valence-electron chi connectivity index (χ4n) is 5.07. The highest BCUT2D eigenvalue weighted by Crippen LogP contribution is 2.25. The Bertz CT molecular complexity index is 773. The third-order valence-electron chi connectivity index (χ3n) is 7.07. The van der Waals surface area contributed by atoms with E-state index in [0.717, 1.165) is 75.3 Å². The molecule has 2 aliphatic heterocycles. The topological polar surface area (TPSA) is 73.3 Å². The summed E-state index contributed by atoms with van der Waals surface area (Å²) in [5, 5.41) is 9.98. The minimum Gasteiger partial charge on any atom is -0.507 e. The number of piperazine rings is 1. The Labute approximate surface area is 192 Å². The SMILES string of the molecule is COC(=O)CCN1CCN(C2CCN(C(=O)[C@H](C)Cc3cc(C)c(O)c(C)c3)CC2)CC1. The molecule has 2 heterocycles. The maximum absolute atomic E-state index is 13.0. The molecule has 7 nitrogen and oxygen atoms in total. The van der Waals surface area contributed by atoms with Gasteiger partial charge in [0.15, 0.2) is 0 Å². The van der Waals surface area contributed by atoms with Gasteiger partial charge < -0.3 is 19.6 Å². The number of benzene rings is 1. The Kier molecular flexibility index (Phi) is 8.54. The van der Waals surface area contributed by atoms with Crippen LogP contribution in [0.1, 0.15) is 42.9 Å². The monoisotopic (exact) mass is 445 g/mol. The molecule has 1 atom stereocenters. The summed E-state index contributed by atoms with van der Waals surface area (Å²) in [4.78, 5) is 31.3. The number of hydrogen-bond acceptors (Lipinski definition) is 6. The van der Waals surface area contributed by atoms with Gasteiger partial charge in [-0.25, -0.2) is 0 Å². The number of piperidine rings is 1. The van der Waals surface area contributed by atoms with Crippen LogP contribution in [0.3, 0.4) is 0 Å². The van der Waals surface area contributed by atoms with Crippen LogP contribution in [0.2, 0.25) is 0 Å². The van der Waals surface area contributed by atoms with Gasteiger partial charge in [0.25, 0.3) is 0 Å². The molecule has 0 bridgehead atoms. The van der Waals surface area contributed by atoms with Crippen LogP contribution >= 0.6 is 0 Å². The molecule has 2 aliphatic rings. The van der Waals surface area contributed by atoms with Crippen LogP contribution in [-0.4, -0.2) is 90.6 Å². The number of methoxy groups -OCH3 is 1. The number of nitrogens with zero attached hydrogens (tertiary/aromatic N) is 3. The van der Waals surface area contributed by atoms with Crippen LogP contribution < -0.4 is 0 Å². The number of phenolic OH excluding ortho intramolecular Hbond substituents is 1. The van der Waals surface area contributed by atoms with Gasteiger partial charge in [0, 0.05) is 57.8 Å². The van der Waals surface area contributed by atoms with Crippen LogP contribution in [-0.2, 0) is 20.7 Å². The van der Waals surface area contributed by atoms with Crippen LogP contribution in [0.4, 0.5) is 0 Å². The normalized spacial score (nSPS) is 19.7. The van der Waals surface area contributed by atoms with E-state index in [1.54, 1.807) is 0 Å². The van der Waals surface area contributed by atoms with Crippen molar-refractivity contribution < 1.29 is 19.4 Å². The number of carbonyl (C=O) groups is 2. The number of likely N-dealkylation sites (tertiary alicyclic amines) is 1. The highest BCUT2D eigenvalue weighted by atomic mass is 16.5. The largest absolute Gasteiger partial charge is 0.507 e. The van der Waals surface area contributed by atoms with Gasteiger partial charge in [0.05, 0.1) is 13.5 Å². The third kappa shape index (κ3) is 6.23. The third-order valence-corrected chi connectivity index (χ3v) is 7.07. The number of ether oxygens (including phenoxy) is 1. The van der Waals surface area contributed by atoms with Crippen molar-refractivity contribution in [2.45, 2.75) is 52.5 Å². The lowest BCUT2D eigenvalue weighted by Crippen LogP contribution is -2.54. The summed E-state index contributed by atoms with van der Waals surface area (Å²) in [6, 6.07) is 4.52. The Morgan fingerprint density at radius 3 is 2.22 bits per heavy atom. The van der Waals surface area contributed by atoms with Crippen LogP contribution in [0.25, 0.3) is 0 Å². The van der Waals surface area contributed by atoms with Gasteiger partial charge in [0.2, 0.25) is 5.91 Å². The molecule has 0 aromatic heterocycles. The number of hydrogen-bond donors (Lipinski definition) is 1. The summed E-state index contributed by atoms with van der Waals surface area (Å²) in [6.07, 6.45) is 3.21. The van der Waals surface area contributed by atoms with E-state index in [9.17, 15) is 14.7 Å². The highest BCUT2D eigenvalue weighted by molar-refractivity contribution is 5.79. The van der Waals surface area contributed by atoms with E-state index in [1.807, 2.05) is 37.8 Å². The fourth-order valence-corrected chi connectivity index (χ4v) is 5.07. The molecule has 0 unspecified atom stereocenters. The van der Waals surface area contributed by atoms with E-state index in [1.165, 1.54) is 7.11 Å². The molecule has 178 valence electrons. The number of carbonyl (C=O) groups excluding carboxylic acids is 2. The molecule has 1 N–H and O–H groups in total. The second-order valence-corrected chi connectivity index (χ2v) is 9.44. The van der Waals surface area contributed by atoms with E-state index in [2.05, 4.69) is 9.80 Å². The molecule has 2 fully saturated rings. The van der Waals surface area contributed by atoms with Gasteiger partial charge in [-0.1, -0.05) is 19.1 Å². The van der Waals surface area contributed by atoms with Crippen molar-refractivity contribution in [1.82, 2.24) is 14.7 Å². The fraction of sp³-hybridized carbons (Fsp3) is 0.680. The first-order valence-electron chi connectivity index (χ1n) is 11.9. The summed E-state index contributed by atoms with van der Waals surface area (Å²) in [6.45, 7) is 12.3. The minimum absolute atomic E-state index is 0.0618. The van der Waals surface area contributed by atoms with Gasteiger partial charge in [-0.2, -0.15) is 0 Å². The lowest BCUT2D eigenvalue weighted by Gasteiger charge is -2.43. The average Bonchev–Trinajstić information content (AvgIpc) is 2.80. The Hall–Kier alpha value is -2.12. The lowest BCUT2D eigenvalue weighted by atomic mass is 9.95. The molecule has 2 saturated heterocycles. The molecule has 0 radical (unpaired) electrons. The van der Waals surface area contributed by atoms with Crippen molar-refractivity contribution in [1.29, 1.82) is 0 Å². The Balaban J connectivity index is 1.42. The standard InChI is InChI=1S/C25H39N3O4/c1-18-15-21(16-19(2)24(18)30)17-20(3)25(31)28-9-5-22(6-10-28)27-13-11-26(12-14-27)8-7-23(29)32-4/h15-16,20,22,30H,5-14,17H2,1-4H3/t20-/m1/s1. The van der Waals surface area contributed by atoms with Crippen molar-refractivity contribution in [3.8, 4) is 5.75 Å². The summed E-state index contributed by atoms with van der Waals surface area (Å²) in [5.41, 5.74) is 2.84. The number of aromatic hydroxyl groups is 1. The first-order chi connectivity index (χ1) is 15.3. The molecule has 1 amide bonds. The number of phenols is 1. The van der Waals surface area contributed by atoms with Crippen LogP contribution in [0.5, 0.6) is 5.75 Å². The van der Waals surface area contributed by atoms with Gasteiger partial charge in [-0.3, -0.25) is 14.5 Å². The first-order valence-corrected chi connectivity index (χ1v) is 11.9. The van der Waals surface area contributed by atoms with E-state index >= 15 is 0 Å². The average molecular weight is 446 g/mol. The van der Waals surface area contributed by atoms with Crippen molar-refractivity contribution in [2.24, 2.45) is 5.92 Å². The van der Waals surface area contributed by atoms with Crippen molar-refractivity contribution in [3.63, 3.8) is 0 Å². The molecular formula is C25H39N3O4. The summed E-state index contributed by atoms with van der Waals surface area (Å²) in [5.74, 6) is 0.376. The van der Waals surface area contributed by atoms with Crippen molar-refractivity contribution in [2.75, 3.05) is 52.9 Å². The first kappa shape index (κ1) is 24.5. The molecule has 0 aliphatic carbocycles. The molecule has 0 spiro atoms. The quantitative estimate of drug-likeness (QED) is 0.650. The van der Waals surface area contributed by atoms with E-state index in [4.69, 9.17) is 4.74 Å². The second kappa shape index (κ2) is 11.1. The van der Waals surface area contributed by atoms with Gasteiger partial charge >= 0.3 is 5.97 Å². The Morgan fingerprint density at radius 2 is 1.66 bits per heavy atom. The van der Waals surface area contributed by atoms with Crippen molar-refractivity contribution >= 4 is 11.9 Å². The minimum atomic E-state index is -0.144. The van der Waals surface area contributed by atoms with Gasteiger partial charge in [-0.15, -0.1) is 0 Å². The number of rotatable bonds is 7. The van der Waals surface area contributed by atoms with Gasteiger partial charge in [0.1, 0.15) is 5.75 Å². The second-order valence-electron chi connectivity index (χ2n) is 9.44. The predicted octanol–water partition coefficient (Wildman–Crippen LogP) is 2.36. The predicted molar refractivity (Wildman–Crippen MR) is 125 cm³/mol. The number of amides is 1. The van der Waals surface area contributed by atoms with E-state index < -0.39 is 0 Å². The van der Waals surface area contributed by atoms with E-state index in [-0.39, 0.29) is 17.8 Å². The zero-order valence-electron chi connectivity index (χ0n) is 20.1. The van der Waals surface area contributed by atoms with Crippen LogP contribution in [0.15, 0.2) is 12.1 Å². The lowest BCUT2D eigenvalue weighted by molar-refractivity contribution is -0.141. The van der Waals surface area contributed by atoms with Crippen LogP contribution in [0, 0.1) is 19.8 Å². The Morgan fingerprint density at radius 1 is 1.06 bits per heavy atom. The van der Waals surface area contributed by atoms with Crippen molar-refractivity contribution in [3.05, 3.63) is 28.8 Å². The zero-order chi connectivity index (χ0) is 23.3. The van der Waals surface area contributed by atoms with Gasteiger partial charge in [-0.05, 0) is 49.8 Å². The summed E-state index contributed by atoms with van der Waals surface area (Å²) < 4.78 is 4.73. The maximum atomic E-state index is 13.0. The molecule has 7 heteroatoms. The van der Waals surface area contributed by atoms with E-state index in [0.29, 0.717) is 24.6 Å². The molecule has 3 rings (SSSR count). The smallest absolute Gasteiger partial charge is 0.306 e. The highest BCUT2D eigenvalue weighted by Gasteiger charge is 2.30. The molecule has 1 aromatic carbocycles. The molecular weight excluding hydrogens is 406 g/mol. The summed E-state index contributed by atoms with van der Waals surface area (Å²) >= 11 is 0.